The van der Waals surface area contributed by atoms with Gasteiger partial charge in [-0.1, -0.05) is 31.9 Å². The molecule has 2 aromatic rings. The number of hydrogen-bond acceptors (Lipinski definition) is 7. The molecular formula is C27H36N4O5. The summed E-state index contributed by atoms with van der Waals surface area (Å²) in [5.74, 6) is 0.149. The summed E-state index contributed by atoms with van der Waals surface area (Å²) in [6, 6.07) is 8.98. The molecule has 1 aromatic heterocycles. The molecule has 0 spiro atoms. The lowest BCUT2D eigenvalue weighted by molar-refractivity contribution is -0.0398. The van der Waals surface area contributed by atoms with Crippen molar-refractivity contribution < 1.29 is 24.2 Å². The van der Waals surface area contributed by atoms with Crippen LogP contribution in [0.25, 0.3) is 11.1 Å². The maximum atomic E-state index is 13.0. The quantitative estimate of drug-likeness (QED) is 0.504. The van der Waals surface area contributed by atoms with Crippen molar-refractivity contribution in [2.45, 2.75) is 76.4 Å². The zero-order valence-electron chi connectivity index (χ0n) is 20.9. The van der Waals surface area contributed by atoms with Crippen LogP contribution in [0.2, 0.25) is 0 Å². The Hall–Kier alpha value is -3.20. The first-order valence-electron chi connectivity index (χ1n) is 13.0. The van der Waals surface area contributed by atoms with Gasteiger partial charge in [0, 0.05) is 18.5 Å². The maximum Gasteiger partial charge on any atom is 0.359 e. The molecule has 9 nitrogen and oxygen atoms in total. The zero-order chi connectivity index (χ0) is 25.5. The smallest absolute Gasteiger partial charge is 0.359 e. The van der Waals surface area contributed by atoms with Crippen molar-refractivity contribution in [1.29, 1.82) is 0 Å². The van der Waals surface area contributed by atoms with Gasteiger partial charge in [-0.25, -0.2) is 9.59 Å². The molecule has 1 aliphatic heterocycles. The van der Waals surface area contributed by atoms with E-state index in [0.29, 0.717) is 13.0 Å². The first-order chi connectivity index (χ1) is 17.4. The number of amides is 2. The van der Waals surface area contributed by atoms with E-state index in [0.717, 1.165) is 54.7 Å². The van der Waals surface area contributed by atoms with Gasteiger partial charge in [-0.2, -0.15) is 5.10 Å². The number of unbranched alkanes of at least 4 members (excludes halogenated alkanes) is 1. The molecule has 2 amide bonds. The Morgan fingerprint density at radius 3 is 2.56 bits per heavy atom. The van der Waals surface area contributed by atoms with Gasteiger partial charge in [0.2, 0.25) is 0 Å². The normalized spacial score (nSPS) is 20.3. The van der Waals surface area contributed by atoms with E-state index in [1.165, 1.54) is 24.2 Å². The second-order valence-corrected chi connectivity index (χ2v) is 9.84. The van der Waals surface area contributed by atoms with Gasteiger partial charge in [0.05, 0.1) is 24.9 Å². The summed E-state index contributed by atoms with van der Waals surface area (Å²) in [6.07, 6.45) is 9.16. The van der Waals surface area contributed by atoms with Gasteiger partial charge in [-0.3, -0.25) is 0 Å². The van der Waals surface area contributed by atoms with Crippen molar-refractivity contribution >= 4 is 12.0 Å². The van der Waals surface area contributed by atoms with Gasteiger partial charge in [0.25, 0.3) is 0 Å². The van der Waals surface area contributed by atoms with Gasteiger partial charge < -0.3 is 25.2 Å². The number of primary amides is 1. The Morgan fingerprint density at radius 1 is 1.17 bits per heavy atom. The molecule has 4 rings (SSSR count). The number of carbonyl (C=O) groups is 2. The summed E-state index contributed by atoms with van der Waals surface area (Å²) in [5.41, 5.74) is 6.75. The van der Waals surface area contributed by atoms with Crippen molar-refractivity contribution in [3.63, 3.8) is 0 Å². The SMILES string of the molecule is CCCCc1nnc(C(=O)OC2(CO)CCN(C(N)=O)C2)cc1-c1ccc(OC2CCCCC2)cc1. The Kier molecular flexibility index (Phi) is 8.40. The number of benzene rings is 1. The average Bonchev–Trinajstić information content (AvgIpc) is 3.33. The number of esters is 1. The van der Waals surface area contributed by atoms with Crippen LogP contribution in [0.15, 0.2) is 30.3 Å². The van der Waals surface area contributed by atoms with Crippen LogP contribution >= 0.6 is 0 Å². The van der Waals surface area contributed by atoms with Gasteiger partial charge in [-0.15, -0.1) is 5.10 Å². The van der Waals surface area contributed by atoms with E-state index in [4.69, 9.17) is 15.2 Å². The van der Waals surface area contributed by atoms with Crippen LogP contribution in [-0.2, 0) is 11.2 Å². The van der Waals surface area contributed by atoms with Crippen LogP contribution in [0.3, 0.4) is 0 Å². The lowest BCUT2D eigenvalue weighted by atomic mass is 9.97. The van der Waals surface area contributed by atoms with Crippen LogP contribution in [0.5, 0.6) is 5.75 Å². The maximum absolute atomic E-state index is 13.0. The van der Waals surface area contributed by atoms with Crippen molar-refractivity contribution in [2.75, 3.05) is 19.7 Å². The molecule has 36 heavy (non-hydrogen) atoms. The number of likely N-dealkylation sites (tertiary alicyclic amines) is 1. The lowest BCUT2D eigenvalue weighted by Crippen LogP contribution is -2.44. The molecule has 0 bridgehead atoms. The Morgan fingerprint density at radius 2 is 1.92 bits per heavy atom. The highest BCUT2D eigenvalue weighted by Gasteiger charge is 2.43. The fourth-order valence-electron chi connectivity index (χ4n) is 4.91. The van der Waals surface area contributed by atoms with E-state index in [1.54, 1.807) is 6.07 Å². The molecular weight excluding hydrogens is 460 g/mol. The topological polar surface area (TPSA) is 128 Å². The van der Waals surface area contributed by atoms with Crippen molar-refractivity contribution in [3.8, 4) is 16.9 Å². The summed E-state index contributed by atoms with van der Waals surface area (Å²) in [7, 11) is 0. The number of nitrogens with two attached hydrogens (primary N) is 1. The minimum Gasteiger partial charge on any atom is -0.490 e. The number of carbonyl (C=O) groups excluding carboxylic acids is 2. The first-order valence-corrected chi connectivity index (χ1v) is 13.0. The predicted octanol–water partition coefficient (Wildman–Crippen LogP) is 3.87. The van der Waals surface area contributed by atoms with E-state index in [2.05, 4.69) is 17.1 Å². The van der Waals surface area contributed by atoms with E-state index >= 15 is 0 Å². The van der Waals surface area contributed by atoms with Crippen LogP contribution in [0, 0.1) is 0 Å². The molecule has 1 saturated carbocycles. The number of hydrogen-bond donors (Lipinski definition) is 2. The number of aryl methyl sites for hydroxylation is 1. The van der Waals surface area contributed by atoms with Gasteiger partial charge in [0.15, 0.2) is 11.3 Å². The zero-order valence-corrected chi connectivity index (χ0v) is 20.9. The number of urea groups is 1. The third-order valence-corrected chi connectivity index (χ3v) is 7.09. The Labute approximate surface area is 212 Å². The number of rotatable bonds is 9. The molecule has 2 heterocycles. The molecule has 9 heteroatoms. The number of aliphatic hydroxyl groups excluding tert-OH is 1. The molecule has 194 valence electrons. The third-order valence-electron chi connectivity index (χ3n) is 7.09. The highest BCUT2D eigenvalue weighted by molar-refractivity contribution is 5.89. The summed E-state index contributed by atoms with van der Waals surface area (Å²) < 4.78 is 11.8. The fraction of sp³-hybridized carbons (Fsp3) is 0.556. The standard InChI is InChI=1S/C27H36N4O5/c1-2-3-9-23-22(19-10-12-21(13-11-19)35-20-7-5-4-6-8-20)16-24(30-29-23)25(33)36-27(18-32)14-15-31(17-27)26(28)34/h10-13,16,20,32H,2-9,14-15,17-18H2,1H3,(H2,28,34). The van der Waals surface area contributed by atoms with E-state index < -0.39 is 24.2 Å². The molecule has 2 aliphatic rings. The fourth-order valence-corrected chi connectivity index (χ4v) is 4.91. The number of aliphatic hydroxyl groups is 1. The second-order valence-electron chi connectivity index (χ2n) is 9.84. The van der Waals surface area contributed by atoms with Gasteiger partial charge >= 0.3 is 12.0 Å². The largest absolute Gasteiger partial charge is 0.490 e. The van der Waals surface area contributed by atoms with E-state index in [-0.39, 0.29) is 18.3 Å². The molecule has 1 atom stereocenters. The molecule has 0 radical (unpaired) electrons. The molecule has 1 aliphatic carbocycles. The summed E-state index contributed by atoms with van der Waals surface area (Å²) in [6.45, 7) is 2.05. The molecule has 2 fully saturated rings. The van der Waals surface area contributed by atoms with Crippen molar-refractivity contribution in [1.82, 2.24) is 15.1 Å². The second kappa shape index (κ2) is 11.7. The Balaban J connectivity index is 1.54. The number of aromatic nitrogens is 2. The first kappa shape index (κ1) is 25.9. The lowest BCUT2D eigenvalue weighted by Gasteiger charge is -2.26. The number of ether oxygens (including phenoxy) is 2. The minimum atomic E-state index is -1.20. The summed E-state index contributed by atoms with van der Waals surface area (Å²) in [4.78, 5) is 25.9. The third kappa shape index (κ3) is 6.13. The minimum absolute atomic E-state index is 0.0436. The molecule has 3 N–H and O–H groups in total. The van der Waals surface area contributed by atoms with Crippen LogP contribution in [-0.4, -0.2) is 63.6 Å². The van der Waals surface area contributed by atoms with Crippen LogP contribution in [0.1, 0.15) is 74.5 Å². The van der Waals surface area contributed by atoms with Gasteiger partial charge in [0.1, 0.15) is 5.75 Å². The van der Waals surface area contributed by atoms with E-state index in [1.807, 2.05) is 24.3 Å². The van der Waals surface area contributed by atoms with Crippen molar-refractivity contribution in [2.24, 2.45) is 5.73 Å². The summed E-state index contributed by atoms with van der Waals surface area (Å²) >= 11 is 0. The van der Waals surface area contributed by atoms with E-state index in [9.17, 15) is 14.7 Å². The highest BCUT2D eigenvalue weighted by Crippen LogP contribution is 2.30. The molecule has 1 saturated heterocycles. The Bertz CT molecular complexity index is 1050. The number of nitrogens with zero attached hydrogens (tertiary/aromatic N) is 3. The average molecular weight is 497 g/mol. The molecule has 1 unspecified atom stereocenters. The highest BCUT2D eigenvalue weighted by atomic mass is 16.6. The van der Waals surface area contributed by atoms with Crippen LogP contribution < -0.4 is 10.5 Å². The van der Waals surface area contributed by atoms with Crippen LogP contribution in [0.4, 0.5) is 4.79 Å². The van der Waals surface area contributed by atoms with Crippen molar-refractivity contribution in [3.05, 3.63) is 41.7 Å². The molecule has 1 aromatic carbocycles. The monoisotopic (exact) mass is 496 g/mol. The summed E-state index contributed by atoms with van der Waals surface area (Å²) in [5, 5.41) is 18.4. The van der Waals surface area contributed by atoms with Gasteiger partial charge in [-0.05, 0) is 62.3 Å². The predicted molar refractivity (Wildman–Crippen MR) is 135 cm³/mol.